The van der Waals surface area contributed by atoms with Crippen molar-refractivity contribution in [3.8, 4) is 23.1 Å². The van der Waals surface area contributed by atoms with Gasteiger partial charge in [-0.1, -0.05) is 30.3 Å². The summed E-state index contributed by atoms with van der Waals surface area (Å²) in [5, 5.41) is 10.5. The zero-order chi connectivity index (χ0) is 22.4. The molecule has 0 spiro atoms. The van der Waals surface area contributed by atoms with Gasteiger partial charge in [0.05, 0.1) is 24.5 Å². The molecular weight excluding hydrogens is 392 g/mol. The molecule has 0 saturated heterocycles. The first-order chi connectivity index (χ1) is 15.0. The predicted octanol–water partition coefficient (Wildman–Crippen LogP) is 4.28. The van der Waals surface area contributed by atoms with E-state index in [0.29, 0.717) is 40.0 Å². The Morgan fingerprint density at radius 3 is 2.52 bits per heavy atom. The van der Waals surface area contributed by atoms with Crippen LogP contribution in [0, 0.1) is 11.3 Å². The van der Waals surface area contributed by atoms with Crippen LogP contribution in [0.4, 0.5) is 0 Å². The molecule has 7 heteroatoms. The van der Waals surface area contributed by atoms with Gasteiger partial charge < -0.3 is 14.4 Å². The van der Waals surface area contributed by atoms with E-state index in [4.69, 9.17) is 9.47 Å². The Balaban J connectivity index is 2.42. The number of ether oxygens (including phenoxy) is 2. The Bertz CT molecular complexity index is 1170. The number of esters is 1. The van der Waals surface area contributed by atoms with Crippen molar-refractivity contribution in [2.75, 3.05) is 27.3 Å². The van der Waals surface area contributed by atoms with Crippen LogP contribution >= 0.6 is 0 Å². The normalized spacial score (nSPS) is 10.8. The first-order valence-electron chi connectivity index (χ1n) is 9.98. The lowest BCUT2D eigenvalue weighted by atomic mass is 9.96. The van der Waals surface area contributed by atoms with Gasteiger partial charge in [-0.25, -0.2) is 9.78 Å². The second kappa shape index (κ2) is 9.72. The summed E-state index contributed by atoms with van der Waals surface area (Å²) in [6.45, 7) is 4.18. The summed E-state index contributed by atoms with van der Waals surface area (Å²) >= 11 is 0. The first-order valence-corrected chi connectivity index (χ1v) is 9.98. The lowest BCUT2D eigenvalue weighted by molar-refractivity contribution is 0.0526. The van der Waals surface area contributed by atoms with E-state index in [1.54, 1.807) is 25.3 Å². The number of rotatable bonds is 7. The Kier molecular flexibility index (Phi) is 6.83. The fourth-order valence-electron chi connectivity index (χ4n) is 3.15. The molecule has 3 aromatic rings. The number of carbonyl (C=O) groups excluding carboxylic acids is 1. The molecule has 0 aliphatic rings. The standard InChI is InChI=1S/C24H24N4O3/c1-5-30-23-19(15-25)21(16-10-8-7-9-11-16)18-14-17(24(29)31-6-2)20(12-13-28(3)4)26-22(18)27-23/h7-14H,5-6H2,1-4H3/b13-12+. The largest absolute Gasteiger partial charge is 0.477 e. The third-order valence-electron chi connectivity index (χ3n) is 4.45. The van der Waals surface area contributed by atoms with Crippen LogP contribution in [0.5, 0.6) is 5.88 Å². The van der Waals surface area contributed by atoms with Gasteiger partial charge in [0, 0.05) is 31.2 Å². The molecule has 0 unspecified atom stereocenters. The first kappa shape index (κ1) is 21.8. The maximum Gasteiger partial charge on any atom is 0.340 e. The maximum absolute atomic E-state index is 12.7. The van der Waals surface area contributed by atoms with Gasteiger partial charge in [0.15, 0.2) is 5.65 Å². The van der Waals surface area contributed by atoms with Crippen LogP contribution in [0.2, 0.25) is 0 Å². The van der Waals surface area contributed by atoms with Gasteiger partial charge in [-0.3, -0.25) is 0 Å². The highest BCUT2D eigenvalue weighted by molar-refractivity contribution is 6.03. The predicted molar refractivity (Wildman–Crippen MR) is 120 cm³/mol. The van der Waals surface area contributed by atoms with Crippen LogP contribution in [0.3, 0.4) is 0 Å². The summed E-state index contributed by atoms with van der Waals surface area (Å²) in [4.78, 5) is 23.7. The molecular formula is C24H24N4O3. The van der Waals surface area contributed by atoms with Crippen molar-refractivity contribution in [2.24, 2.45) is 0 Å². The lowest BCUT2D eigenvalue weighted by Gasteiger charge is -2.15. The topological polar surface area (TPSA) is 88.3 Å². The molecule has 158 valence electrons. The molecule has 0 amide bonds. The smallest absolute Gasteiger partial charge is 0.340 e. The lowest BCUT2D eigenvalue weighted by Crippen LogP contribution is -2.10. The van der Waals surface area contributed by atoms with Gasteiger partial charge in [-0.2, -0.15) is 10.2 Å². The highest BCUT2D eigenvalue weighted by Gasteiger charge is 2.22. The van der Waals surface area contributed by atoms with Crippen LogP contribution in [0.25, 0.3) is 28.2 Å². The van der Waals surface area contributed by atoms with Crippen LogP contribution in [0.15, 0.2) is 42.6 Å². The van der Waals surface area contributed by atoms with E-state index in [1.165, 1.54) is 0 Å². The van der Waals surface area contributed by atoms with E-state index in [2.05, 4.69) is 16.0 Å². The number of pyridine rings is 2. The third kappa shape index (κ3) is 4.64. The molecule has 0 radical (unpaired) electrons. The Labute approximate surface area is 181 Å². The van der Waals surface area contributed by atoms with Crippen molar-refractivity contribution in [3.05, 3.63) is 59.4 Å². The number of benzene rings is 1. The second-order valence-corrected chi connectivity index (χ2v) is 6.87. The van der Waals surface area contributed by atoms with Crippen molar-refractivity contribution in [1.82, 2.24) is 14.9 Å². The molecule has 2 heterocycles. The molecule has 0 saturated carbocycles. The summed E-state index contributed by atoms with van der Waals surface area (Å²) in [6, 6.07) is 13.4. The zero-order valence-electron chi connectivity index (χ0n) is 18.0. The number of hydrogen-bond acceptors (Lipinski definition) is 7. The molecule has 2 aromatic heterocycles. The van der Waals surface area contributed by atoms with Gasteiger partial charge >= 0.3 is 5.97 Å². The summed E-state index contributed by atoms with van der Waals surface area (Å²) < 4.78 is 10.9. The fourth-order valence-corrected chi connectivity index (χ4v) is 3.15. The Morgan fingerprint density at radius 1 is 1.16 bits per heavy atom. The summed E-state index contributed by atoms with van der Waals surface area (Å²) in [6.07, 6.45) is 3.52. The van der Waals surface area contributed by atoms with Crippen molar-refractivity contribution in [1.29, 1.82) is 5.26 Å². The van der Waals surface area contributed by atoms with E-state index < -0.39 is 5.97 Å². The Morgan fingerprint density at radius 2 is 1.90 bits per heavy atom. The third-order valence-corrected chi connectivity index (χ3v) is 4.45. The highest BCUT2D eigenvalue weighted by Crippen LogP contribution is 2.36. The Hall–Kier alpha value is -3.92. The zero-order valence-corrected chi connectivity index (χ0v) is 18.0. The highest BCUT2D eigenvalue weighted by atomic mass is 16.5. The van der Waals surface area contributed by atoms with Crippen molar-refractivity contribution >= 4 is 23.1 Å². The molecule has 3 rings (SSSR count). The monoisotopic (exact) mass is 416 g/mol. The number of fused-ring (bicyclic) bond motifs is 1. The molecule has 0 bridgehead atoms. The van der Waals surface area contributed by atoms with E-state index in [0.717, 1.165) is 5.56 Å². The summed E-state index contributed by atoms with van der Waals surface area (Å²) in [5.74, 6) is -0.267. The number of carbonyl (C=O) groups is 1. The van der Waals surface area contributed by atoms with Gasteiger partial charge in [-0.15, -0.1) is 0 Å². The SMILES string of the molecule is CCOC(=O)c1cc2c(-c3ccccc3)c(C#N)c(OCC)nc2nc1/C=C/N(C)C. The van der Waals surface area contributed by atoms with E-state index in [1.807, 2.05) is 56.3 Å². The average molecular weight is 416 g/mol. The van der Waals surface area contributed by atoms with Crippen molar-refractivity contribution in [2.45, 2.75) is 13.8 Å². The maximum atomic E-state index is 12.7. The van der Waals surface area contributed by atoms with Crippen LogP contribution < -0.4 is 4.74 Å². The van der Waals surface area contributed by atoms with Crippen LogP contribution in [0.1, 0.15) is 35.5 Å². The number of aromatic nitrogens is 2. The van der Waals surface area contributed by atoms with Crippen molar-refractivity contribution < 1.29 is 14.3 Å². The second-order valence-electron chi connectivity index (χ2n) is 6.87. The summed E-state index contributed by atoms with van der Waals surface area (Å²) in [5.41, 5.74) is 2.85. The van der Waals surface area contributed by atoms with Crippen LogP contribution in [-0.2, 0) is 4.74 Å². The quantitative estimate of drug-likeness (QED) is 0.531. The van der Waals surface area contributed by atoms with E-state index in [9.17, 15) is 10.1 Å². The number of hydrogen-bond donors (Lipinski definition) is 0. The summed E-state index contributed by atoms with van der Waals surface area (Å²) in [7, 11) is 3.75. The average Bonchev–Trinajstić information content (AvgIpc) is 2.77. The molecule has 7 nitrogen and oxygen atoms in total. The van der Waals surface area contributed by atoms with Crippen LogP contribution in [-0.4, -0.2) is 48.1 Å². The van der Waals surface area contributed by atoms with Gasteiger partial charge in [0.2, 0.25) is 5.88 Å². The van der Waals surface area contributed by atoms with Gasteiger partial charge in [-0.05, 0) is 31.6 Å². The number of nitrogens with zero attached hydrogens (tertiary/aromatic N) is 4. The minimum absolute atomic E-state index is 0.218. The molecule has 0 fully saturated rings. The van der Waals surface area contributed by atoms with E-state index in [-0.39, 0.29) is 12.5 Å². The van der Waals surface area contributed by atoms with E-state index >= 15 is 0 Å². The molecule has 0 aliphatic carbocycles. The molecule has 0 atom stereocenters. The number of nitriles is 1. The van der Waals surface area contributed by atoms with Crippen molar-refractivity contribution in [3.63, 3.8) is 0 Å². The molecule has 0 aliphatic heterocycles. The molecule has 0 N–H and O–H groups in total. The fraction of sp³-hybridized carbons (Fsp3) is 0.250. The minimum atomic E-state index is -0.485. The molecule has 31 heavy (non-hydrogen) atoms. The van der Waals surface area contributed by atoms with Gasteiger partial charge in [0.1, 0.15) is 11.6 Å². The minimum Gasteiger partial charge on any atom is -0.477 e. The molecule has 1 aromatic carbocycles. The van der Waals surface area contributed by atoms with Gasteiger partial charge in [0.25, 0.3) is 0 Å².